The van der Waals surface area contributed by atoms with Gasteiger partial charge in [0.1, 0.15) is 6.10 Å². The lowest BCUT2D eigenvalue weighted by molar-refractivity contribution is -0.146. The second-order valence-electron chi connectivity index (χ2n) is 8.53. The Kier molecular flexibility index (Phi) is 5.89. The molecule has 1 fully saturated rings. The van der Waals surface area contributed by atoms with Crippen LogP contribution in [0.4, 0.5) is 0 Å². The molecule has 154 valence electrons. The molecule has 0 bridgehead atoms. The Morgan fingerprint density at radius 2 is 1.79 bits per heavy atom. The van der Waals surface area contributed by atoms with Crippen LogP contribution in [-0.4, -0.2) is 17.9 Å². The Morgan fingerprint density at radius 3 is 2.48 bits per heavy atom. The molecule has 0 saturated heterocycles. The van der Waals surface area contributed by atoms with Crippen molar-refractivity contribution < 1.29 is 14.3 Å². The van der Waals surface area contributed by atoms with Crippen molar-refractivity contribution in [3.8, 4) is 0 Å². The zero-order valence-corrected chi connectivity index (χ0v) is 17.6. The highest BCUT2D eigenvalue weighted by molar-refractivity contribution is 6.03. The number of carbonyl (C=O) groups is 2. The van der Waals surface area contributed by atoms with Crippen LogP contribution in [0.5, 0.6) is 0 Å². The molecule has 4 nitrogen and oxygen atoms in total. The molecule has 1 saturated carbocycles. The predicted octanol–water partition coefficient (Wildman–Crippen LogP) is 5.09. The van der Waals surface area contributed by atoms with Crippen LogP contribution >= 0.6 is 0 Å². The highest BCUT2D eigenvalue weighted by Crippen LogP contribution is 2.42. The van der Waals surface area contributed by atoms with Crippen molar-refractivity contribution in [2.45, 2.75) is 83.7 Å². The molecule has 1 atom stereocenters. The molecular weight excluding hydrogens is 362 g/mol. The van der Waals surface area contributed by atoms with E-state index < -0.39 is 0 Å². The number of ether oxygens (including phenoxy) is 1. The van der Waals surface area contributed by atoms with Crippen LogP contribution in [0.15, 0.2) is 46.8 Å². The van der Waals surface area contributed by atoms with E-state index in [1.807, 2.05) is 6.92 Å². The SMILES string of the molecule is CCc1ccc([C@H]2C(C(=O)OC3CCCCC3)=C(C)NC3=C2C(=O)CCC3)cc1. The highest BCUT2D eigenvalue weighted by atomic mass is 16.5. The van der Waals surface area contributed by atoms with E-state index in [0.717, 1.165) is 67.5 Å². The number of benzene rings is 1. The van der Waals surface area contributed by atoms with Gasteiger partial charge in [0.25, 0.3) is 0 Å². The minimum atomic E-state index is -0.332. The van der Waals surface area contributed by atoms with Crippen molar-refractivity contribution in [3.63, 3.8) is 0 Å². The van der Waals surface area contributed by atoms with Crippen LogP contribution in [-0.2, 0) is 20.7 Å². The van der Waals surface area contributed by atoms with E-state index in [1.54, 1.807) is 0 Å². The second kappa shape index (κ2) is 8.56. The Hall–Kier alpha value is -2.36. The molecule has 1 heterocycles. The molecule has 0 spiro atoms. The van der Waals surface area contributed by atoms with Crippen LogP contribution in [0.3, 0.4) is 0 Å². The molecule has 0 amide bonds. The number of aryl methyl sites for hydroxylation is 1. The molecule has 4 heteroatoms. The van der Waals surface area contributed by atoms with Gasteiger partial charge in [0.15, 0.2) is 5.78 Å². The monoisotopic (exact) mass is 393 g/mol. The maximum atomic E-state index is 13.3. The summed E-state index contributed by atoms with van der Waals surface area (Å²) in [6, 6.07) is 8.35. The molecule has 4 rings (SSSR count). The summed E-state index contributed by atoms with van der Waals surface area (Å²) >= 11 is 0. The van der Waals surface area contributed by atoms with E-state index in [-0.39, 0.29) is 23.8 Å². The predicted molar refractivity (Wildman–Crippen MR) is 113 cm³/mol. The number of ketones is 1. The van der Waals surface area contributed by atoms with Gasteiger partial charge in [0.2, 0.25) is 0 Å². The zero-order chi connectivity index (χ0) is 20.4. The minimum absolute atomic E-state index is 0.00268. The summed E-state index contributed by atoms with van der Waals surface area (Å²) < 4.78 is 5.94. The van der Waals surface area contributed by atoms with Crippen molar-refractivity contribution in [2.24, 2.45) is 0 Å². The van der Waals surface area contributed by atoms with Crippen LogP contribution in [0.2, 0.25) is 0 Å². The fraction of sp³-hybridized carbons (Fsp3) is 0.520. The molecule has 0 aromatic heterocycles. The van der Waals surface area contributed by atoms with Crippen LogP contribution < -0.4 is 5.32 Å². The summed E-state index contributed by atoms with van der Waals surface area (Å²) in [4.78, 5) is 26.2. The quantitative estimate of drug-likeness (QED) is 0.724. The number of Topliss-reactive ketones (excluding diaryl/α,β-unsaturated/α-hetero) is 1. The number of nitrogens with one attached hydrogen (secondary N) is 1. The molecule has 3 aliphatic rings. The third-order valence-corrected chi connectivity index (χ3v) is 6.54. The number of rotatable bonds is 4. The normalized spacial score (nSPS) is 23.0. The molecular formula is C25H31NO3. The summed E-state index contributed by atoms with van der Waals surface area (Å²) in [6.07, 6.45) is 8.55. The van der Waals surface area contributed by atoms with Gasteiger partial charge in [0.05, 0.1) is 5.57 Å². The average molecular weight is 394 g/mol. The van der Waals surface area contributed by atoms with E-state index >= 15 is 0 Å². The first-order valence-corrected chi connectivity index (χ1v) is 11.1. The molecule has 29 heavy (non-hydrogen) atoms. The summed E-state index contributed by atoms with van der Waals surface area (Å²) in [7, 11) is 0. The molecule has 0 radical (unpaired) electrons. The summed E-state index contributed by atoms with van der Waals surface area (Å²) in [5.74, 6) is -0.448. The van der Waals surface area contributed by atoms with Gasteiger partial charge in [0, 0.05) is 29.3 Å². The summed E-state index contributed by atoms with van der Waals surface area (Å²) in [5.41, 5.74) is 5.43. The van der Waals surface area contributed by atoms with E-state index in [4.69, 9.17) is 4.74 Å². The maximum Gasteiger partial charge on any atom is 0.337 e. The van der Waals surface area contributed by atoms with Crippen molar-refractivity contribution in [3.05, 3.63) is 57.9 Å². The molecule has 1 aliphatic heterocycles. The number of hydrogen-bond donors (Lipinski definition) is 1. The van der Waals surface area contributed by atoms with Crippen LogP contribution in [0, 0.1) is 0 Å². The lowest BCUT2D eigenvalue weighted by atomic mass is 9.75. The van der Waals surface area contributed by atoms with Gasteiger partial charge in [-0.15, -0.1) is 0 Å². The molecule has 0 unspecified atom stereocenters. The molecule has 1 aromatic rings. The third kappa shape index (κ3) is 4.03. The topological polar surface area (TPSA) is 55.4 Å². The number of dihydropyridines is 1. The van der Waals surface area contributed by atoms with E-state index in [0.29, 0.717) is 12.0 Å². The number of hydrogen-bond acceptors (Lipinski definition) is 4. The van der Waals surface area contributed by atoms with E-state index in [9.17, 15) is 9.59 Å². The first kappa shape index (κ1) is 19.9. The summed E-state index contributed by atoms with van der Waals surface area (Å²) in [5, 5.41) is 3.38. The van der Waals surface area contributed by atoms with E-state index in [1.165, 1.54) is 12.0 Å². The van der Waals surface area contributed by atoms with Crippen molar-refractivity contribution in [1.29, 1.82) is 0 Å². The van der Waals surface area contributed by atoms with Crippen LogP contribution in [0.1, 0.15) is 82.3 Å². The molecule has 1 aromatic carbocycles. The van der Waals surface area contributed by atoms with Crippen molar-refractivity contribution >= 4 is 11.8 Å². The number of allylic oxidation sites excluding steroid dienone is 3. The van der Waals surface area contributed by atoms with Gasteiger partial charge in [-0.25, -0.2) is 4.79 Å². The Labute approximate surface area is 173 Å². The van der Waals surface area contributed by atoms with Crippen molar-refractivity contribution in [1.82, 2.24) is 5.32 Å². The second-order valence-corrected chi connectivity index (χ2v) is 8.53. The van der Waals surface area contributed by atoms with Gasteiger partial charge in [-0.1, -0.05) is 37.6 Å². The molecule has 2 aliphatic carbocycles. The molecule has 1 N–H and O–H groups in total. The summed E-state index contributed by atoms with van der Waals surface area (Å²) in [6.45, 7) is 4.07. The van der Waals surface area contributed by atoms with Crippen molar-refractivity contribution in [2.75, 3.05) is 0 Å². The van der Waals surface area contributed by atoms with Gasteiger partial charge >= 0.3 is 5.97 Å². The lowest BCUT2D eigenvalue weighted by Gasteiger charge is -2.35. The Bertz CT molecular complexity index is 857. The standard InChI is InChI=1S/C25H31NO3/c1-3-17-12-14-18(15-13-17)23-22(25(28)29-19-8-5-4-6-9-19)16(2)26-20-10-7-11-21(27)24(20)23/h12-15,19,23,26H,3-11H2,1-2H3/t23-/m0/s1. The largest absolute Gasteiger partial charge is 0.459 e. The first-order chi connectivity index (χ1) is 14.1. The zero-order valence-electron chi connectivity index (χ0n) is 17.6. The maximum absolute atomic E-state index is 13.3. The third-order valence-electron chi connectivity index (χ3n) is 6.54. The lowest BCUT2D eigenvalue weighted by Crippen LogP contribution is -2.35. The highest BCUT2D eigenvalue weighted by Gasteiger charge is 2.39. The minimum Gasteiger partial charge on any atom is -0.459 e. The fourth-order valence-electron chi connectivity index (χ4n) is 4.93. The van der Waals surface area contributed by atoms with Gasteiger partial charge in [-0.2, -0.15) is 0 Å². The Morgan fingerprint density at radius 1 is 1.07 bits per heavy atom. The van der Waals surface area contributed by atoms with Gasteiger partial charge in [-0.3, -0.25) is 4.79 Å². The van der Waals surface area contributed by atoms with Gasteiger partial charge in [-0.05, 0) is 63.0 Å². The van der Waals surface area contributed by atoms with Gasteiger partial charge < -0.3 is 10.1 Å². The number of carbonyl (C=O) groups excluding carboxylic acids is 2. The fourth-order valence-corrected chi connectivity index (χ4v) is 4.93. The first-order valence-electron chi connectivity index (χ1n) is 11.1. The average Bonchev–Trinajstić information content (AvgIpc) is 2.73. The van der Waals surface area contributed by atoms with Crippen LogP contribution in [0.25, 0.3) is 0 Å². The Balaban J connectivity index is 1.72. The smallest absolute Gasteiger partial charge is 0.337 e. The number of esters is 1. The van der Waals surface area contributed by atoms with E-state index in [2.05, 4.69) is 36.5 Å².